The van der Waals surface area contributed by atoms with Crippen molar-refractivity contribution in [1.82, 2.24) is 9.78 Å². The fraction of sp³-hybridized carbons (Fsp3) is 0.625. The smallest absolute Gasteiger partial charge is 0.108 e. The number of rotatable bonds is 4. The van der Waals surface area contributed by atoms with E-state index in [1.54, 1.807) is 23.1 Å². The van der Waals surface area contributed by atoms with E-state index in [9.17, 15) is 0 Å². The highest BCUT2D eigenvalue weighted by molar-refractivity contribution is 4.89. The summed E-state index contributed by atoms with van der Waals surface area (Å²) in [4.78, 5) is 0. The second kappa shape index (κ2) is 3.69. The van der Waals surface area contributed by atoms with Crippen molar-refractivity contribution in [2.24, 2.45) is 0 Å². The highest BCUT2D eigenvalue weighted by atomic mass is 16.3. The molecule has 4 nitrogen and oxygen atoms in total. The molecule has 0 amide bonds. The van der Waals surface area contributed by atoms with Gasteiger partial charge in [-0.15, -0.1) is 0 Å². The lowest BCUT2D eigenvalue weighted by atomic mass is 9.99. The zero-order valence-electron chi connectivity index (χ0n) is 7.14. The van der Waals surface area contributed by atoms with E-state index in [1.807, 2.05) is 6.92 Å². The molecule has 4 heteroatoms. The molecule has 12 heavy (non-hydrogen) atoms. The van der Waals surface area contributed by atoms with E-state index in [0.29, 0.717) is 6.42 Å². The summed E-state index contributed by atoms with van der Waals surface area (Å²) in [7, 11) is 0. The van der Waals surface area contributed by atoms with E-state index >= 15 is 0 Å². The summed E-state index contributed by atoms with van der Waals surface area (Å²) in [5, 5.41) is 22.3. The van der Waals surface area contributed by atoms with Crippen LogP contribution in [0.5, 0.6) is 0 Å². The predicted molar refractivity (Wildman–Crippen MR) is 44.7 cm³/mol. The third kappa shape index (κ3) is 1.35. The van der Waals surface area contributed by atoms with E-state index < -0.39 is 5.54 Å². The lowest BCUT2D eigenvalue weighted by Crippen LogP contribution is -2.41. The van der Waals surface area contributed by atoms with Crippen LogP contribution >= 0.6 is 0 Å². The molecule has 0 aliphatic carbocycles. The SMILES string of the molecule is CCC(CO)(CO)n1cccn1. The first-order valence-electron chi connectivity index (χ1n) is 4.01. The number of aliphatic hydroxyl groups is 2. The van der Waals surface area contributed by atoms with Crippen LogP contribution in [0.4, 0.5) is 0 Å². The minimum absolute atomic E-state index is 0.0956. The van der Waals surface area contributed by atoms with Gasteiger partial charge in [0.1, 0.15) is 5.54 Å². The van der Waals surface area contributed by atoms with E-state index in [-0.39, 0.29) is 13.2 Å². The van der Waals surface area contributed by atoms with Gasteiger partial charge >= 0.3 is 0 Å². The number of hydrogen-bond acceptors (Lipinski definition) is 3. The van der Waals surface area contributed by atoms with Gasteiger partial charge in [0.25, 0.3) is 0 Å². The first kappa shape index (κ1) is 9.22. The Morgan fingerprint density at radius 2 is 2.08 bits per heavy atom. The van der Waals surface area contributed by atoms with Gasteiger partial charge in [-0.2, -0.15) is 5.10 Å². The maximum atomic E-state index is 9.13. The molecular formula is C8H14N2O2. The van der Waals surface area contributed by atoms with Gasteiger partial charge in [0.05, 0.1) is 13.2 Å². The zero-order valence-corrected chi connectivity index (χ0v) is 7.14. The Labute approximate surface area is 71.5 Å². The fourth-order valence-corrected chi connectivity index (χ4v) is 1.13. The van der Waals surface area contributed by atoms with E-state index in [4.69, 9.17) is 10.2 Å². The average Bonchev–Trinajstić information content (AvgIpc) is 2.62. The van der Waals surface area contributed by atoms with Gasteiger partial charge in [0, 0.05) is 12.4 Å². The minimum Gasteiger partial charge on any atom is -0.394 e. The van der Waals surface area contributed by atoms with E-state index in [2.05, 4.69) is 5.10 Å². The van der Waals surface area contributed by atoms with Crippen LogP contribution in [0.25, 0.3) is 0 Å². The standard InChI is InChI=1S/C8H14N2O2/c1-2-8(6-11,7-12)10-5-3-4-9-10/h3-5,11-12H,2,6-7H2,1H3. The van der Waals surface area contributed by atoms with Gasteiger partial charge in [-0.05, 0) is 12.5 Å². The maximum Gasteiger partial charge on any atom is 0.108 e. The molecule has 2 N–H and O–H groups in total. The number of hydrogen-bond donors (Lipinski definition) is 2. The maximum absolute atomic E-state index is 9.13. The van der Waals surface area contributed by atoms with Crippen LogP contribution in [-0.2, 0) is 5.54 Å². The molecule has 0 spiro atoms. The molecule has 0 aliphatic heterocycles. The van der Waals surface area contributed by atoms with Crippen molar-refractivity contribution in [1.29, 1.82) is 0 Å². The van der Waals surface area contributed by atoms with Crippen LogP contribution in [-0.4, -0.2) is 33.2 Å². The lowest BCUT2D eigenvalue weighted by molar-refractivity contribution is 0.0501. The molecule has 68 valence electrons. The molecule has 0 saturated heterocycles. The summed E-state index contributed by atoms with van der Waals surface area (Å²) in [5.74, 6) is 0. The molecule has 0 atom stereocenters. The van der Waals surface area contributed by atoms with Gasteiger partial charge in [0.2, 0.25) is 0 Å². The zero-order chi connectivity index (χ0) is 9.03. The fourth-order valence-electron chi connectivity index (χ4n) is 1.13. The van der Waals surface area contributed by atoms with Crippen molar-refractivity contribution in [2.75, 3.05) is 13.2 Å². The predicted octanol–water partition coefficient (Wildman–Crippen LogP) is -0.0270. The summed E-state index contributed by atoms with van der Waals surface area (Å²) in [6.45, 7) is 1.72. The Balaban J connectivity index is 2.93. The highest BCUT2D eigenvalue weighted by Crippen LogP contribution is 2.17. The lowest BCUT2D eigenvalue weighted by Gasteiger charge is -2.28. The van der Waals surface area contributed by atoms with Crippen LogP contribution in [0.15, 0.2) is 18.5 Å². The third-order valence-corrected chi connectivity index (χ3v) is 2.24. The summed E-state index contributed by atoms with van der Waals surface area (Å²) in [5.41, 5.74) is -0.635. The number of aliphatic hydroxyl groups excluding tert-OH is 2. The Bertz CT molecular complexity index is 209. The van der Waals surface area contributed by atoms with Crippen LogP contribution < -0.4 is 0 Å². The van der Waals surface area contributed by atoms with Gasteiger partial charge in [-0.25, -0.2) is 0 Å². The quantitative estimate of drug-likeness (QED) is 0.667. The van der Waals surface area contributed by atoms with Crippen molar-refractivity contribution in [3.63, 3.8) is 0 Å². The first-order chi connectivity index (χ1) is 5.79. The molecule has 1 aromatic heterocycles. The molecular weight excluding hydrogens is 156 g/mol. The third-order valence-electron chi connectivity index (χ3n) is 2.24. The minimum atomic E-state index is -0.635. The Morgan fingerprint density at radius 1 is 1.42 bits per heavy atom. The van der Waals surface area contributed by atoms with Gasteiger partial charge < -0.3 is 10.2 Å². The molecule has 1 heterocycles. The normalized spacial score (nSPS) is 11.9. The van der Waals surface area contributed by atoms with Crippen molar-refractivity contribution < 1.29 is 10.2 Å². The van der Waals surface area contributed by atoms with Crippen LogP contribution in [0.1, 0.15) is 13.3 Å². The van der Waals surface area contributed by atoms with Gasteiger partial charge in [-0.1, -0.05) is 6.92 Å². The second-order valence-corrected chi connectivity index (χ2v) is 2.84. The molecule has 0 fully saturated rings. The van der Waals surface area contributed by atoms with Crippen molar-refractivity contribution in [3.05, 3.63) is 18.5 Å². The van der Waals surface area contributed by atoms with E-state index in [0.717, 1.165) is 0 Å². The van der Waals surface area contributed by atoms with Crippen molar-refractivity contribution in [3.8, 4) is 0 Å². The molecule has 0 radical (unpaired) electrons. The number of aromatic nitrogens is 2. The summed E-state index contributed by atoms with van der Waals surface area (Å²) in [6.07, 6.45) is 4.04. The van der Waals surface area contributed by atoms with E-state index in [1.165, 1.54) is 0 Å². The Hall–Kier alpha value is -0.870. The highest BCUT2D eigenvalue weighted by Gasteiger charge is 2.28. The largest absolute Gasteiger partial charge is 0.394 e. The van der Waals surface area contributed by atoms with Crippen molar-refractivity contribution in [2.45, 2.75) is 18.9 Å². The van der Waals surface area contributed by atoms with Gasteiger partial charge in [0.15, 0.2) is 0 Å². The number of nitrogens with zero attached hydrogens (tertiary/aromatic N) is 2. The van der Waals surface area contributed by atoms with Crippen LogP contribution in [0.2, 0.25) is 0 Å². The van der Waals surface area contributed by atoms with Crippen molar-refractivity contribution >= 4 is 0 Å². The molecule has 0 aliphatic rings. The summed E-state index contributed by atoms with van der Waals surface area (Å²) in [6, 6.07) is 1.77. The molecule has 0 saturated carbocycles. The first-order valence-corrected chi connectivity index (χ1v) is 4.01. The van der Waals surface area contributed by atoms with Crippen LogP contribution in [0, 0.1) is 0 Å². The monoisotopic (exact) mass is 170 g/mol. The average molecular weight is 170 g/mol. The molecule has 1 rings (SSSR count). The summed E-state index contributed by atoms with van der Waals surface area (Å²) >= 11 is 0. The summed E-state index contributed by atoms with van der Waals surface area (Å²) < 4.78 is 1.60. The van der Waals surface area contributed by atoms with Gasteiger partial charge in [-0.3, -0.25) is 4.68 Å². The molecule has 0 aromatic carbocycles. The second-order valence-electron chi connectivity index (χ2n) is 2.84. The Morgan fingerprint density at radius 3 is 2.42 bits per heavy atom. The molecule has 0 bridgehead atoms. The Kier molecular flexibility index (Phi) is 2.83. The molecule has 0 unspecified atom stereocenters. The molecule has 1 aromatic rings. The topological polar surface area (TPSA) is 58.3 Å². The van der Waals surface area contributed by atoms with Crippen LogP contribution in [0.3, 0.4) is 0 Å².